The Hall–Kier alpha value is -1.33. The average molecular weight is 248 g/mol. The standard InChI is InChI=1S/C12H20N6/c13-11-15-16-17-18(11)14-7-12-4-8-1-9(5-12)3-10(2-8)6-12/h8-10,14H,1-7H2,(H2,13,15,17). The second-order valence-corrected chi connectivity index (χ2v) is 6.70. The highest BCUT2D eigenvalue weighted by Gasteiger charge is 2.50. The van der Waals surface area contributed by atoms with Crippen molar-refractivity contribution in [3.63, 3.8) is 0 Å². The minimum Gasteiger partial charge on any atom is -0.365 e. The Balaban J connectivity index is 1.49. The van der Waals surface area contributed by atoms with E-state index in [9.17, 15) is 0 Å². The highest BCUT2D eigenvalue weighted by Crippen LogP contribution is 2.59. The van der Waals surface area contributed by atoms with E-state index in [2.05, 4.69) is 21.0 Å². The van der Waals surface area contributed by atoms with Crippen molar-refractivity contribution < 1.29 is 0 Å². The number of rotatable bonds is 3. The first kappa shape index (κ1) is 10.6. The van der Waals surface area contributed by atoms with Gasteiger partial charge in [-0.3, -0.25) is 0 Å². The summed E-state index contributed by atoms with van der Waals surface area (Å²) in [5, 5.41) is 11.1. The summed E-state index contributed by atoms with van der Waals surface area (Å²) in [7, 11) is 0. The van der Waals surface area contributed by atoms with Crippen molar-refractivity contribution in [3.8, 4) is 0 Å². The molecule has 0 aliphatic heterocycles. The molecule has 98 valence electrons. The summed E-state index contributed by atoms with van der Waals surface area (Å²) in [6.45, 7) is 0.964. The quantitative estimate of drug-likeness (QED) is 0.834. The number of nitrogens with two attached hydrogens (primary N) is 1. The normalized spacial score (nSPS) is 41.2. The van der Waals surface area contributed by atoms with Crippen molar-refractivity contribution in [2.24, 2.45) is 23.2 Å². The van der Waals surface area contributed by atoms with Crippen molar-refractivity contribution >= 4 is 5.95 Å². The van der Waals surface area contributed by atoms with Crippen LogP contribution in [0.5, 0.6) is 0 Å². The van der Waals surface area contributed by atoms with Crippen LogP contribution in [0.2, 0.25) is 0 Å². The van der Waals surface area contributed by atoms with E-state index < -0.39 is 0 Å². The van der Waals surface area contributed by atoms with Crippen LogP contribution in [0, 0.1) is 23.2 Å². The van der Waals surface area contributed by atoms with E-state index in [4.69, 9.17) is 5.73 Å². The van der Waals surface area contributed by atoms with Crippen molar-refractivity contribution in [1.82, 2.24) is 20.3 Å². The molecule has 0 radical (unpaired) electrons. The molecule has 4 bridgehead atoms. The number of anilines is 1. The fraction of sp³-hybridized carbons (Fsp3) is 0.917. The number of hydrogen-bond acceptors (Lipinski definition) is 5. The maximum atomic E-state index is 5.68. The van der Waals surface area contributed by atoms with Gasteiger partial charge in [0.1, 0.15) is 0 Å². The minimum absolute atomic E-state index is 0.347. The Morgan fingerprint density at radius 3 is 2.28 bits per heavy atom. The first-order chi connectivity index (χ1) is 8.72. The Bertz CT molecular complexity index is 418. The van der Waals surface area contributed by atoms with Crippen molar-refractivity contribution in [2.45, 2.75) is 38.5 Å². The molecular formula is C12H20N6. The number of nitrogens with zero attached hydrogens (tertiary/aromatic N) is 4. The SMILES string of the molecule is Nc1nnnn1NCC12CC3CC(CC(C3)C1)C2. The Labute approximate surface area is 106 Å². The fourth-order valence-electron chi connectivity index (χ4n) is 5.06. The van der Waals surface area contributed by atoms with Gasteiger partial charge < -0.3 is 11.2 Å². The smallest absolute Gasteiger partial charge is 0.260 e. The molecule has 6 nitrogen and oxygen atoms in total. The Morgan fingerprint density at radius 1 is 1.17 bits per heavy atom. The third-order valence-electron chi connectivity index (χ3n) is 5.26. The van der Waals surface area contributed by atoms with Crippen LogP contribution in [0.4, 0.5) is 5.95 Å². The summed E-state index contributed by atoms with van der Waals surface area (Å²) in [6.07, 6.45) is 8.58. The van der Waals surface area contributed by atoms with E-state index in [1.54, 1.807) is 0 Å². The Kier molecular flexibility index (Phi) is 2.11. The molecule has 0 unspecified atom stereocenters. The molecule has 0 saturated heterocycles. The van der Waals surface area contributed by atoms with Crippen LogP contribution >= 0.6 is 0 Å². The summed E-state index contributed by atoms with van der Waals surface area (Å²) in [6, 6.07) is 0. The molecule has 3 N–H and O–H groups in total. The summed E-state index contributed by atoms with van der Waals surface area (Å²) in [5.74, 6) is 3.28. The molecule has 18 heavy (non-hydrogen) atoms. The van der Waals surface area contributed by atoms with Gasteiger partial charge in [0, 0.05) is 6.54 Å². The van der Waals surface area contributed by atoms with Gasteiger partial charge in [0.15, 0.2) is 0 Å². The van der Waals surface area contributed by atoms with Crippen LogP contribution in [0.25, 0.3) is 0 Å². The molecule has 4 aliphatic rings. The van der Waals surface area contributed by atoms with Gasteiger partial charge in [-0.2, -0.15) is 0 Å². The average Bonchev–Trinajstić information content (AvgIpc) is 2.70. The monoisotopic (exact) mass is 248 g/mol. The lowest BCUT2D eigenvalue weighted by molar-refractivity contribution is -0.0458. The molecule has 1 aromatic heterocycles. The third-order valence-corrected chi connectivity index (χ3v) is 5.26. The predicted octanol–water partition coefficient (Wildman–Crippen LogP) is 1.02. The van der Waals surface area contributed by atoms with Gasteiger partial charge in [-0.05, 0) is 72.1 Å². The van der Waals surface area contributed by atoms with Crippen LogP contribution in [0.15, 0.2) is 0 Å². The zero-order valence-corrected chi connectivity index (χ0v) is 10.5. The lowest BCUT2D eigenvalue weighted by atomic mass is 9.49. The van der Waals surface area contributed by atoms with Crippen LogP contribution in [0.1, 0.15) is 38.5 Å². The van der Waals surface area contributed by atoms with Gasteiger partial charge in [0.05, 0.1) is 0 Å². The van der Waals surface area contributed by atoms with E-state index in [-0.39, 0.29) is 0 Å². The molecule has 6 heteroatoms. The molecule has 4 saturated carbocycles. The van der Waals surface area contributed by atoms with E-state index >= 15 is 0 Å². The third kappa shape index (κ3) is 1.58. The number of aromatic nitrogens is 4. The first-order valence-electron chi connectivity index (χ1n) is 7.00. The highest BCUT2D eigenvalue weighted by atomic mass is 15.7. The zero-order valence-electron chi connectivity index (χ0n) is 10.5. The molecule has 0 amide bonds. The highest BCUT2D eigenvalue weighted by molar-refractivity contribution is 5.12. The van der Waals surface area contributed by atoms with Crippen LogP contribution in [-0.2, 0) is 0 Å². The second-order valence-electron chi connectivity index (χ2n) is 6.70. The van der Waals surface area contributed by atoms with Gasteiger partial charge in [-0.1, -0.05) is 5.10 Å². The lowest BCUT2D eigenvalue weighted by Crippen LogP contribution is -2.50. The predicted molar refractivity (Wildman–Crippen MR) is 67.1 cm³/mol. The van der Waals surface area contributed by atoms with Crippen molar-refractivity contribution in [2.75, 3.05) is 17.7 Å². The van der Waals surface area contributed by atoms with E-state index in [0.29, 0.717) is 11.4 Å². The van der Waals surface area contributed by atoms with E-state index in [0.717, 1.165) is 24.3 Å². The summed E-state index contributed by atoms with van der Waals surface area (Å²) in [5.41, 5.74) is 9.47. The van der Waals surface area contributed by atoms with Gasteiger partial charge >= 0.3 is 0 Å². The summed E-state index contributed by atoms with van der Waals surface area (Å²) >= 11 is 0. The van der Waals surface area contributed by atoms with Crippen LogP contribution in [0.3, 0.4) is 0 Å². The Morgan fingerprint density at radius 2 is 1.78 bits per heavy atom. The minimum atomic E-state index is 0.347. The molecule has 0 spiro atoms. The maximum Gasteiger partial charge on any atom is 0.260 e. The summed E-state index contributed by atoms with van der Waals surface area (Å²) < 4.78 is 0. The largest absolute Gasteiger partial charge is 0.365 e. The molecule has 4 aliphatic carbocycles. The maximum absolute atomic E-state index is 5.68. The van der Waals surface area contributed by atoms with Crippen molar-refractivity contribution in [3.05, 3.63) is 0 Å². The zero-order chi connectivity index (χ0) is 12.2. The second kappa shape index (κ2) is 3.59. The number of tetrazole rings is 1. The number of nitrogens with one attached hydrogen (secondary N) is 1. The molecule has 4 fully saturated rings. The number of nitrogen functional groups attached to an aromatic ring is 1. The summed E-state index contributed by atoms with van der Waals surface area (Å²) in [4.78, 5) is 1.51. The van der Waals surface area contributed by atoms with E-state index in [1.807, 2.05) is 0 Å². The van der Waals surface area contributed by atoms with Crippen LogP contribution in [-0.4, -0.2) is 26.9 Å². The molecule has 0 aromatic carbocycles. The van der Waals surface area contributed by atoms with Gasteiger partial charge in [0.2, 0.25) is 0 Å². The van der Waals surface area contributed by atoms with E-state index in [1.165, 1.54) is 43.3 Å². The van der Waals surface area contributed by atoms with Crippen molar-refractivity contribution in [1.29, 1.82) is 0 Å². The molecule has 1 heterocycles. The van der Waals surface area contributed by atoms with Gasteiger partial charge in [-0.25, -0.2) is 0 Å². The fourth-order valence-corrected chi connectivity index (χ4v) is 5.06. The topological polar surface area (TPSA) is 81.7 Å². The first-order valence-corrected chi connectivity index (χ1v) is 7.00. The number of hydrogen-bond donors (Lipinski definition) is 2. The molecule has 1 aromatic rings. The molecule has 5 rings (SSSR count). The lowest BCUT2D eigenvalue weighted by Gasteiger charge is -2.56. The molecular weight excluding hydrogens is 228 g/mol. The van der Waals surface area contributed by atoms with Crippen LogP contribution < -0.4 is 11.2 Å². The van der Waals surface area contributed by atoms with Gasteiger partial charge in [-0.15, -0.1) is 4.79 Å². The molecule has 0 atom stereocenters. The van der Waals surface area contributed by atoms with Gasteiger partial charge in [0.25, 0.3) is 5.95 Å².